The van der Waals surface area contributed by atoms with Gasteiger partial charge in [-0.05, 0) is 25.0 Å². The summed E-state index contributed by atoms with van der Waals surface area (Å²) in [5.41, 5.74) is 1.02. The number of carboxylic acids is 1. The number of piperidine rings is 1. The number of aromatic carboxylic acids is 1. The molecule has 0 saturated carbocycles. The second-order valence-electron chi connectivity index (χ2n) is 5.44. The summed E-state index contributed by atoms with van der Waals surface area (Å²) in [6.07, 6.45) is 2.91. The Labute approximate surface area is 124 Å². The summed E-state index contributed by atoms with van der Waals surface area (Å²) < 4.78 is 0. The predicted octanol–water partition coefficient (Wildman–Crippen LogP) is 1.76. The van der Waals surface area contributed by atoms with Gasteiger partial charge in [0.25, 0.3) is 0 Å². The number of anilines is 1. The van der Waals surface area contributed by atoms with E-state index in [2.05, 4.69) is 10.3 Å². The normalized spacial score (nSPS) is 18.7. The third-order valence-corrected chi connectivity index (χ3v) is 3.61. The van der Waals surface area contributed by atoms with E-state index in [0.29, 0.717) is 18.8 Å². The Kier molecular flexibility index (Phi) is 4.77. The molecule has 1 amide bonds. The quantitative estimate of drug-likeness (QED) is 0.864. The van der Waals surface area contributed by atoms with Crippen molar-refractivity contribution in [2.24, 2.45) is 0 Å². The molecular formula is C15H21N3O3. The summed E-state index contributed by atoms with van der Waals surface area (Å²) in [7, 11) is 1.78. The Morgan fingerprint density at radius 1 is 1.52 bits per heavy atom. The van der Waals surface area contributed by atoms with Crippen molar-refractivity contribution in [3.63, 3.8) is 0 Å². The Morgan fingerprint density at radius 2 is 2.29 bits per heavy atom. The van der Waals surface area contributed by atoms with E-state index >= 15 is 0 Å². The molecule has 21 heavy (non-hydrogen) atoms. The molecule has 1 saturated heterocycles. The number of carbonyl (C=O) groups is 2. The minimum atomic E-state index is -0.950. The number of aromatic nitrogens is 1. The first-order chi connectivity index (χ1) is 9.99. The molecule has 6 nitrogen and oxygen atoms in total. The smallest absolute Gasteiger partial charge is 0.335 e. The molecule has 1 fully saturated rings. The van der Waals surface area contributed by atoms with Crippen LogP contribution in [0.5, 0.6) is 0 Å². The number of nitrogens with zero attached hydrogens (tertiary/aromatic N) is 2. The van der Waals surface area contributed by atoms with Gasteiger partial charge in [0, 0.05) is 31.7 Å². The molecule has 1 aromatic rings. The molecule has 1 aromatic heterocycles. The summed E-state index contributed by atoms with van der Waals surface area (Å²) in [4.78, 5) is 28.8. The standard InChI is InChI=1S/C15H21N3O3/c1-3-4-11-7-10(15(20)21)8-13(16-11)17-12-5-6-14(19)18(2)9-12/h7-8,12H,3-6,9H2,1-2H3,(H,16,17)(H,20,21). The molecule has 114 valence electrons. The number of carboxylic acid groups (broad SMARTS) is 1. The molecule has 1 aliphatic rings. The number of hydrogen-bond acceptors (Lipinski definition) is 4. The van der Waals surface area contributed by atoms with Crippen LogP contribution >= 0.6 is 0 Å². The van der Waals surface area contributed by atoms with E-state index in [1.54, 1.807) is 24.1 Å². The van der Waals surface area contributed by atoms with E-state index in [1.165, 1.54) is 0 Å². The summed E-state index contributed by atoms with van der Waals surface area (Å²) in [6.45, 7) is 2.64. The van der Waals surface area contributed by atoms with Gasteiger partial charge < -0.3 is 15.3 Å². The molecule has 1 aliphatic heterocycles. The zero-order valence-corrected chi connectivity index (χ0v) is 12.4. The van der Waals surface area contributed by atoms with Crippen LogP contribution in [0.25, 0.3) is 0 Å². The van der Waals surface area contributed by atoms with Crippen molar-refractivity contribution in [2.45, 2.75) is 38.6 Å². The van der Waals surface area contributed by atoms with Crippen molar-refractivity contribution < 1.29 is 14.7 Å². The SMILES string of the molecule is CCCc1cc(C(=O)O)cc(NC2CCC(=O)N(C)C2)n1. The summed E-state index contributed by atoms with van der Waals surface area (Å²) in [5, 5.41) is 12.4. The summed E-state index contributed by atoms with van der Waals surface area (Å²) >= 11 is 0. The highest BCUT2D eigenvalue weighted by atomic mass is 16.4. The minimum Gasteiger partial charge on any atom is -0.478 e. The van der Waals surface area contributed by atoms with Gasteiger partial charge in [0.2, 0.25) is 5.91 Å². The van der Waals surface area contributed by atoms with E-state index in [0.717, 1.165) is 25.0 Å². The van der Waals surface area contributed by atoms with Gasteiger partial charge >= 0.3 is 5.97 Å². The van der Waals surface area contributed by atoms with Crippen molar-refractivity contribution in [3.8, 4) is 0 Å². The minimum absolute atomic E-state index is 0.110. The summed E-state index contributed by atoms with van der Waals surface area (Å²) in [6, 6.07) is 3.28. The second-order valence-corrected chi connectivity index (χ2v) is 5.44. The van der Waals surface area contributed by atoms with Crippen molar-refractivity contribution >= 4 is 17.7 Å². The molecule has 2 N–H and O–H groups in total. The van der Waals surface area contributed by atoms with Gasteiger partial charge in [0.15, 0.2) is 0 Å². The highest BCUT2D eigenvalue weighted by Gasteiger charge is 2.23. The van der Waals surface area contributed by atoms with Crippen LogP contribution in [0, 0.1) is 0 Å². The van der Waals surface area contributed by atoms with E-state index < -0.39 is 5.97 Å². The molecule has 0 aliphatic carbocycles. The Hall–Kier alpha value is -2.11. The van der Waals surface area contributed by atoms with E-state index in [9.17, 15) is 14.7 Å². The van der Waals surface area contributed by atoms with Crippen LogP contribution in [0.15, 0.2) is 12.1 Å². The Bertz CT molecular complexity index is 545. The van der Waals surface area contributed by atoms with Crippen molar-refractivity contribution in [1.82, 2.24) is 9.88 Å². The average molecular weight is 291 g/mol. The van der Waals surface area contributed by atoms with Crippen molar-refractivity contribution in [3.05, 3.63) is 23.4 Å². The zero-order chi connectivity index (χ0) is 15.4. The molecular weight excluding hydrogens is 270 g/mol. The molecule has 0 bridgehead atoms. The van der Waals surface area contributed by atoms with Crippen LogP contribution in [-0.2, 0) is 11.2 Å². The molecule has 1 atom stereocenters. The summed E-state index contributed by atoms with van der Waals surface area (Å²) in [5.74, 6) is -0.230. The van der Waals surface area contributed by atoms with Gasteiger partial charge in [-0.15, -0.1) is 0 Å². The Morgan fingerprint density at radius 3 is 2.90 bits per heavy atom. The number of likely N-dealkylation sites (tertiary alicyclic amines) is 1. The topological polar surface area (TPSA) is 82.5 Å². The number of hydrogen-bond donors (Lipinski definition) is 2. The molecule has 1 unspecified atom stereocenters. The fraction of sp³-hybridized carbons (Fsp3) is 0.533. The van der Waals surface area contributed by atoms with Crippen molar-refractivity contribution in [1.29, 1.82) is 0 Å². The monoisotopic (exact) mass is 291 g/mol. The molecule has 0 aromatic carbocycles. The number of likely N-dealkylation sites (N-methyl/N-ethyl adjacent to an activating group) is 1. The number of pyridine rings is 1. The Balaban J connectivity index is 2.15. The van der Waals surface area contributed by atoms with Crippen LogP contribution in [0.1, 0.15) is 42.2 Å². The number of aryl methyl sites for hydroxylation is 1. The van der Waals surface area contributed by atoms with Crippen LogP contribution in [0.2, 0.25) is 0 Å². The molecule has 6 heteroatoms. The van der Waals surface area contributed by atoms with Gasteiger partial charge in [-0.1, -0.05) is 13.3 Å². The first-order valence-electron chi connectivity index (χ1n) is 7.24. The predicted molar refractivity (Wildman–Crippen MR) is 79.5 cm³/mol. The number of rotatable bonds is 5. The maximum absolute atomic E-state index is 11.5. The second kappa shape index (κ2) is 6.56. The fourth-order valence-corrected chi connectivity index (χ4v) is 2.51. The average Bonchev–Trinajstić information content (AvgIpc) is 2.43. The lowest BCUT2D eigenvalue weighted by Crippen LogP contribution is -2.43. The lowest BCUT2D eigenvalue weighted by Gasteiger charge is -2.30. The van der Waals surface area contributed by atoms with Crippen LogP contribution < -0.4 is 5.32 Å². The number of amides is 1. The van der Waals surface area contributed by atoms with Gasteiger partial charge in [0.1, 0.15) is 5.82 Å². The number of carbonyl (C=O) groups excluding carboxylic acids is 1. The zero-order valence-electron chi connectivity index (χ0n) is 12.4. The lowest BCUT2D eigenvalue weighted by atomic mass is 10.1. The van der Waals surface area contributed by atoms with Crippen LogP contribution in [-0.4, -0.2) is 46.5 Å². The fourth-order valence-electron chi connectivity index (χ4n) is 2.51. The lowest BCUT2D eigenvalue weighted by molar-refractivity contribution is -0.132. The first kappa shape index (κ1) is 15.3. The highest BCUT2D eigenvalue weighted by Crippen LogP contribution is 2.17. The van der Waals surface area contributed by atoms with Crippen LogP contribution in [0.4, 0.5) is 5.82 Å². The number of nitrogens with one attached hydrogen (secondary N) is 1. The first-order valence-corrected chi connectivity index (χ1v) is 7.24. The molecule has 0 radical (unpaired) electrons. The maximum atomic E-state index is 11.5. The largest absolute Gasteiger partial charge is 0.478 e. The van der Waals surface area contributed by atoms with Gasteiger partial charge in [-0.25, -0.2) is 9.78 Å². The van der Waals surface area contributed by atoms with E-state index in [4.69, 9.17) is 0 Å². The van der Waals surface area contributed by atoms with E-state index in [-0.39, 0.29) is 17.5 Å². The van der Waals surface area contributed by atoms with Crippen molar-refractivity contribution in [2.75, 3.05) is 18.9 Å². The highest BCUT2D eigenvalue weighted by molar-refractivity contribution is 5.88. The van der Waals surface area contributed by atoms with Gasteiger partial charge in [0.05, 0.1) is 5.56 Å². The third-order valence-electron chi connectivity index (χ3n) is 3.61. The van der Waals surface area contributed by atoms with Crippen LogP contribution in [0.3, 0.4) is 0 Å². The van der Waals surface area contributed by atoms with Gasteiger partial charge in [-0.3, -0.25) is 4.79 Å². The van der Waals surface area contributed by atoms with Gasteiger partial charge in [-0.2, -0.15) is 0 Å². The third kappa shape index (κ3) is 3.93. The molecule has 2 rings (SSSR count). The maximum Gasteiger partial charge on any atom is 0.335 e. The van der Waals surface area contributed by atoms with E-state index in [1.807, 2.05) is 6.92 Å². The molecule has 2 heterocycles. The molecule has 0 spiro atoms.